The lowest BCUT2D eigenvalue weighted by Crippen LogP contribution is -2.25. The molecule has 3 heteroatoms. The van der Waals surface area contributed by atoms with Crippen molar-refractivity contribution in [3.05, 3.63) is 29.8 Å². The van der Waals surface area contributed by atoms with Gasteiger partial charge in [-0.05, 0) is 24.6 Å². The molecule has 0 aliphatic rings. The van der Waals surface area contributed by atoms with Crippen LogP contribution < -0.4 is 4.90 Å². The Labute approximate surface area is 96.3 Å². The van der Waals surface area contributed by atoms with Gasteiger partial charge in [-0.1, -0.05) is 13.0 Å². The second-order valence-electron chi connectivity index (χ2n) is 3.81. The Morgan fingerprint density at radius 1 is 1.50 bits per heavy atom. The van der Waals surface area contributed by atoms with Crippen LogP contribution in [0, 0.1) is 11.3 Å². The summed E-state index contributed by atoms with van der Waals surface area (Å²) in [5, 5.41) is 8.77. The molecule has 0 bridgehead atoms. The third kappa shape index (κ3) is 3.39. The third-order valence-electron chi connectivity index (χ3n) is 2.36. The van der Waals surface area contributed by atoms with Gasteiger partial charge in [0, 0.05) is 19.2 Å². The standard InChI is InChI=1S/C13H16N2O/c1-3-5-13(16)10-15(2)12-7-4-6-11(8-12)9-14/h4,6-8H,3,5,10H2,1-2H3. The number of anilines is 1. The number of hydrogen-bond acceptors (Lipinski definition) is 3. The summed E-state index contributed by atoms with van der Waals surface area (Å²) >= 11 is 0. The quantitative estimate of drug-likeness (QED) is 0.759. The summed E-state index contributed by atoms with van der Waals surface area (Å²) in [6.45, 7) is 2.40. The van der Waals surface area contributed by atoms with Crippen molar-refractivity contribution in [1.29, 1.82) is 5.26 Å². The van der Waals surface area contributed by atoms with E-state index < -0.39 is 0 Å². The molecule has 16 heavy (non-hydrogen) atoms. The summed E-state index contributed by atoms with van der Waals surface area (Å²) in [4.78, 5) is 13.3. The van der Waals surface area contributed by atoms with E-state index in [2.05, 4.69) is 6.07 Å². The third-order valence-corrected chi connectivity index (χ3v) is 2.36. The predicted molar refractivity (Wildman–Crippen MR) is 64.3 cm³/mol. The average molecular weight is 216 g/mol. The average Bonchev–Trinajstić information content (AvgIpc) is 2.29. The Kier molecular flexibility index (Phi) is 4.53. The number of carbonyl (C=O) groups is 1. The minimum atomic E-state index is 0.229. The molecule has 0 aliphatic heterocycles. The van der Waals surface area contributed by atoms with E-state index in [9.17, 15) is 4.79 Å². The van der Waals surface area contributed by atoms with Gasteiger partial charge < -0.3 is 4.90 Å². The highest BCUT2D eigenvalue weighted by atomic mass is 16.1. The summed E-state index contributed by atoms with van der Waals surface area (Å²) in [5.74, 6) is 0.229. The lowest BCUT2D eigenvalue weighted by molar-refractivity contribution is -0.117. The van der Waals surface area contributed by atoms with Crippen molar-refractivity contribution in [1.82, 2.24) is 0 Å². The van der Waals surface area contributed by atoms with Gasteiger partial charge in [-0.25, -0.2) is 0 Å². The highest BCUT2D eigenvalue weighted by molar-refractivity contribution is 5.83. The van der Waals surface area contributed by atoms with Crippen LogP contribution >= 0.6 is 0 Å². The number of nitriles is 1. The van der Waals surface area contributed by atoms with Crippen LogP contribution in [0.1, 0.15) is 25.3 Å². The monoisotopic (exact) mass is 216 g/mol. The minimum absolute atomic E-state index is 0.229. The van der Waals surface area contributed by atoms with E-state index in [0.29, 0.717) is 18.5 Å². The van der Waals surface area contributed by atoms with Gasteiger partial charge in [0.1, 0.15) is 0 Å². The van der Waals surface area contributed by atoms with Crippen molar-refractivity contribution < 1.29 is 4.79 Å². The molecule has 1 rings (SSSR count). The van der Waals surface area contributed by atoms with Crippen LogP contribution in [-0.2, 0) is 4.79 Å². The Balaban J connectivity index is 2.69. The summed E-state index contributed by atoms with van der Waals surface area (Å²) in [6, 6.07) is 9.37. The molecule has 3 nitrogen and oxygen atoms in total. The second kappa shape index (κ2) is 5.92. The van der Waals surface area contributed by atoms with E-state index in [-0.39, 0.29) is 5.78 Å². The van der Waals surface area contributed by atoms with Crippen molar-refractivity contribution in [2.24, 2.45) is 0 Å². The largest absolute Gasteiger partial charge is 0.367 e. The molecule has 0 radical (unpaired) electrons. The number of Topliss-reactive ketones (excluding diaryl/α,β-unsaturated/α-hetero) is 1. The van der Waals surface area contributed by atoms with E-state index in [1.165, 1.54) is 0 Å². The molecule has 0 heterocycles. The zero-order valence-corrected chi connectivity index (χ0v) is 9.73. The first kappa shape index (κ1) is 12.3. The highest BCUT2D eigenvalue weighted by Crippen LogP contribution is 2.14. The molecule has 0 atom stereocenters. The zero-order chi connectivity index (χ0) is 12.0. The van der Waals surface area contributed by atoms with Crippen LogP contribution in [0.3, 0.4) is 0 Å². The molecule has 0 aromatic heterocycles. The molecule has 1 aromatic rings. The molecule has 0 fully saturated rings. The molecule has 0 spiro atoms. The molecule has 84 valence electrons. The topological polar surface area (TPSA) is 44.1 Å². The maximum absolute atomic E-state index is 11.5. The number of hydrogen-bond donors (Lipinski definition) is 0. The minimum Gasteiger partial charge on any atom is -0.367 e. The Morgan fingerprint density at radius 2 is 2.25 bits per heavy atom. The molecular formula is C13H16N2O. The first-order valence-corrected chi connectivity index (χ1v) is 5.40. The van der Waals surface area contributed by atoms with Gasteiger partial charge in [-0.2, -0.15) is 5.26 Å². The Morgan fingerprint density at radius 3 is 2.88 bits per heavy atom. The van der Waals surface area contributed by atoms with E-state index >= 15 is 0 Å². The van der Waals surface area contributed by atoms with E-state index in [0.717, 1.165) is 12.1 Å². The Hall–Kier alpha value is -1.82. The second-order valence-corrected chi connectivity index (χ2v) is 3.81. The predicted octanol–water partition coefficient (Wildman–Crippen LogP) is 2.36. The number of benzene rings is 1. The first-order chi connectivity index (χ1) is 7.67. The number of rotatable bonds is 5. The van der Waals surface area contributed by atoms with Crippen LogP contribution in [0.5, 0.6) is 0 Å². The summed E-state index contributed by atoms with van der Waals surface area (Å²) in [6.07, 6.45) is 1.49. The van der Waals surface area contributed by atoms with Crippen molar-refractivity contribution in [2.75, 3.05) is 18.5 Å². The smallest absolute Gasteiger partial charge is 0.152 e. The fraction of sp³-hybridized carbons (Fsp3) is 0.385. The number of carbonyl (C=O) groups excluding carboxylic acids is 1. The van der Waals surface area contributed by atoms with E-state index in [1.807, 2.05) is 31.0 Å². The van der Waals surface area contributed by atoms with Crippen molar-refractivity contribution in [3.8, 4) is 6.07 Å². The molecule has 0 aliphatic carbocycles. The van der Waals surface area contributed by atoms with Gasteiger partial charge in [-0.3, -0.25) is 4.79 Å². The summed E-state index contributed by atoms with van der Waals surface area (Å²) < 4.78 is 0. The maximum Gasteiger partial charge on any atom is 0.152 e. The van der Waals surface area contributed by atoms with Gasteiger partial charge in [0.05, 0.1) is 18.2 Å². The van der Waals surface area contributed by atoms with Crippen molar-refractivity contribution >= 4 is 11.5 Å². The lowest BCUT2D eigenvalue weighted by Gasteiger charge is -2.18. The first-order valence-electron chi connectivity index (χ1n) is 5.40. The van der Waals surface area contributed by atoms with Crippen LogP contribution in [-0.4, -0.2) is 19.4 Å². The van der Waals surface area contributed by atoms with Gasteiger partial charge in [0.15, 0.2) is 5.78 Å². The SMILES string of the molecule is CCCC(=O)CN(C)c1cccc(C#N)c1. The summed E-state index contributed by atoms with van der Waals surface area (Å²) in [5.41, 5.74) is 1.52. The molecule has 1 aromatic carbocycles. The molecular weight excluding hydrogens is 200 g/mol. The van der Waals surface area contributed by atoms with Crippen LogP contribution in [0.2, 0.25) is 0 Å². The maximum atomic E-state index is 11.5. The van der Waals surface area contributed by atoms with E-state index in [4.69, 9.17) is 5.26 Å². The number of nitrogens with zero attached hydrogens (tertiary/aromatic N) is 2. The molecule has 0 amide bonds. The fourth-order valence-corrected chi connectivity index (χ4v) is 1.53. The molecule has 0 unspecified atom stereocenters. The highest BCUT2D eigenvalue weighted by Gasteiger charge is 2.06. The molecule has 0 saturated carbocycles. The van der Waals surface area contributed by atoms with Gasteiger partial charge >= 0.3 is 0 Å². The fourth-order valence-electron chi connectivity index (χ4n) is 1.53. The van der Waals surface area contributed by atoms with Crippen LogP contribution in [0.25, 0.3) is 0 Å². The normalized spacial score (nSPS) is 9.56. The van der Waals surface area contributed by atoms with E-state index in [1.54, 1.807) is 12.1 Å². The van der Waals surface area contributed by atoms with Gasteiger partial charge in [0.25, 0.3) is 0 Å². The van der Waals surface area contributed by atoms with Crippen LogP contribution in [0.4, 0.5) is 5.69 Å². The van der Waals surface area contributed by atoms with Gasteiger partial charge in [0.2, 0.25) is 0 Å². The van der Waals surface area contributed by atoms with Crippen molar-refractivity contribution in [2.45, 2.75) is 19.8 Å². The van der Waals surface area contributed by atoms with Gasteiger partial charge in [-0.15, -0.1) is 0 Å². The Bertz CT molecular complexity index is 407. The number of ketones is 1. The molecule has 0 saturated heterocycles. The number of likely N-dealkylation sites (N-methyl/N-ethyl adjacent to an activating group) is 1. The zero-order valence-electron chi connectivity index (χ0n) is 9.73. The van der Waals surface area contributed by atoms with Crippen LogP contribution in [0.15, 0.2) is 24.3 Å². The summed E-state index contributed by atoms with van der Waals surface area (Å²) in [7, 11) is 1.87. The van der Waals surface area contributed by atoms with Crippen molar-refractivity contribution in [3.63, 3.8) is 0 Å². The lowest BCUT2D eigenvalue weighted by atomic mass is 10.2. The molecule has 0 N–H and O–H groups in total.